The molecule has 0 saturated carbocycles. The number of imidazole rings is 1. The van der Waals surface area contributed by atoms with Crippen LogP contribution in [-0.2, 0) is 0 Å². The van der Waals surface area contributed by atoms with E-state index in [9.17, 15) is 4.39 Å². The summed E-state index contributed by atoms with van der Waals surface area (Å²) >= 11 is 12.5. The lowest BCUT2D eigenvalue weighted by Gasteiger charge is -2.12. The first-order chi connectivity index (χ1) is 9.99. The first kappa shape index (κ1) is 14.4. The van der Waals surface area contributed by atoms with E-state index in [1.54, 1.807) is 19.1 Å². The second-order valence-electron chi connectivity index (χ2n) is 4.96. The fraction of sp³-hybridized carbons (Fsp3) is 0.188. The quantitative estimate of drug-likeness (QED) is 0.575. The predicted octanol–water partition coefficient (Wildman–Crippen LogP) is 5.43. The van der Waals surface area contributed by atoms with Crippen LogP contribution in [-0.4, -0.2) is 9.55 Å². The summed E-state index contributed by atoms with van der Waals surface area (Å²) in [5.41, 5.74) is 2.74. The van der Waals surface area contributed by atoms with Gasteiger partial charge in [-0.25, -0.2) is 9.37 Å². The van der Waals surface area contributed by atoms with Gasteiger partial charge < -0.3 is 0 Å². The van der Waals surface area contributed by atoms with Crippen LogP contribution in [0, 0.1) is 12.7 Å². The van der Waals surface area contributed by atoms with Crippen molar-refractivity contribution in [3.05, 3.63) is 58.6 Å². The Morgan fingerprint density at radius 1 is 1.24 bits per heavy atom. The van der Waals surface area contributed by atoms with Crippen LogP contribution in [0.2, 0.25) is 5.02 Å². The van der Waals surface area contributed by atoms with E-state index in [0.717, 1.165) is 11.0 Å². The van der Waals surface area contributed by atoms with Gasteiger partial charge in [0.2, 0.25) is 0 Å². The standard InChI is InChI=1S/C16H13Cl2FN2/c1-9-6-7-11(8-13(9)19)21-15-12(18)4-3-5-14(15)20-16(21)10(2)17/h3-8,10H,1-2H3. The molecule has 2 nitrogen and oxygen atoms in total. The number of benzene rings is 2. The van der Waals surface area contributed by atoms with Gasteiger partial charge in [0.25, 0.3) is 0 Å². The molecule has 3 aromatic rings. The van der Waals surface area contributed by atoms with Crippen molar-refractivity contribution in [3.8, 4) is 5.69 Å². The molecule has 0 aliphatic rings. The van der Waals surface area contributed by atoms with Gasteiger partial charge in [-0.1, -0.05) is 23.7 Å². The molecule has 0 spiro atoms. The van der Waals surface area contributed by atoms with E-state index in [0.29, 0.717) is 22.1 Å². The Kier molecular flexibility index (Phi) is 3.64. The van der Waals surface area contributed by atoms with Gasteiger partial charge in [-0.05, 0) is 43.7 Å². The molecule has 0 radical (unpaired) electrons. The van der Waals surface area contributed by atoms with Gasteiger partial charge in [-0.3, -0.25) is 4.57 Å². The van der Waals surface area contributed by atoms with Crippen molar-refractivity contribution in [1.29, 1.82) is 0 Å². The van der Waals surface area contributed by atoms with Crippen LogP contribution in [0.1, 0.15) is 23.7 Å². The molecule has 1 atom stereocenters. The third kappa shape index (κ3) is 2.41. The molecule has 0 saturated heterocycles. The largest absolute Gasteiger partial charge is 0.293 e. The van der Waals surface area contributed by atoms with Crippen LogP contribution in [0.5, 0.6) is 0 Å². The normalized spacial score (nSPS) is 12.8. The summed E-state index contributed by atoms with van der Waals surface area (Å²) in [6.07, 6.45) is 0. The van der Waals surface area contributed by atoms with Crippen molar-refractivity contribution in [1.82, 2.24) is 9.55 Å². The molecular formula is C16H13Cl2FN2. The molecule has 0 amide bonds. The van der Waals surface area contributed by atoms with Crippen LogP contribution < -0.4 is 0 Å². The van der Waals surface area contributed by atoms with Gasteiger partial charge in [0.15, 0.2) is 0 Å². The van der Waals surface area contributed by atoms with Crippen LogP contribution in [0.4, 0.5) is 4.39 Å². The molecule has 0 fully saturated rings. The third-order valence-corrected chi connectivity index (χ3v) is 3.92. The van der Waals surface area contributed by atoms with E-state index in [2.05, 4.69) is 4.98 Å². The minimum absolute atomic E-state index is 0.269. The summed E-state index contributed by atoms with van der Waals surface area (Å²) < 4.78 is 15.7. The molecule has 0 aliphatic heterocycles. The third-order valence-electron chi connectivity index (χ3n) is 3.42. The molecule has 108 valence electrons. The van der Waals surface area contributed by atoms with Crippen LogP contribution in [0.25, 0.3) is 16.7 Å². The number of aromatic nitrogens is 2. The van der Waals surface area contributed by atoms with Crippen molar-refractivity contribution in [2.45, 2.75) is 19.2 Å². The number of rotatable bonds is 2. The summed E-state index contributed by atoms with van der Waals surface area (Å²) in [6.45, 7) is 3.56. The van der Waals surface area contributed by atoms with E-state index in [-0.39, 0.29) is 11.2 Å². The van der Waals surface area contributed by atoms with Crippen LogP contribution in [0.15, 0.2) is 36.4 Å². The SMILES string of the molecule is Cc1ccc(-n2c(C(C)Cl)nc3cccc(Cl)c32)cc1F. The zero-order chi connectivity index (χ0) is 15.1. The first-order valence-electron chi connectivity index (χ1n) is 6.56. The van der Waals surface area contributed by atoms with Crippen molar-refractivity contribution < 1.29 is 4.39 Å². The Hall–Kier alpha value is -1.58. The monoisotopic (exact) mass is 322 g/mol. The number of hydrogen-bond donors (Lipinski definition) is 0. The molecule has 0 bridgehead atoms. The smallest absolute Gasteiger partial charge is 0.132 e. The maximum absolute atomic E-state index is 13.9. The fourth-order valence-corrected chi connectivity index (χ4v) is 2.75. The maximum Gasteiger partial charge on any atom is 0.132 e. The zero-order valence-electron chi connectivity index (χ0n) is 11.6. The number of halogens is 3. The van der Waals surface area contributed by atoms with E-state index in [1.165, 1.54) is 6.07 Å². The first-order valence-corrected chi connectivity index (χ1v) is 7.38. The van der Waals surface area contributed by atoms with Gasteiger partial charge in [0.05, 0.1) is 27.1 Å². The number of fused-ring (bicyclic) bond motifs is 1. The predicted molar refractivity (Wildman–Crippen MR) is 85.0 cm³/mol. The van der Waals surface area contributed by atoms with E-state index >= 15 is 0 Å². The van der Waals surface area contributed by atoms with E-state index < -0.39 is 0 Å². The molecule has 21 heavy (non-hydrogen) atoms. The molecule has 0 N–H and O–H groups in total. The lowest BCUT2D eigenvalue weighted by molar-refractivity contribution is 0.617. The Labute approximate surface area is 132 Å². The lowest BCUT2D eigenvalue weighted by atomic mass is 10.2. The number of hydrogen-bond acceptors (Lipinski definition) is 1. The Balaban J connectivity index is 2.38. The Bertz CT molecular complexity index is 825. The number of para-hydroxylation sites is 1. The van der Waals surface area contributed by atoms with Crippen LogP contribution >= 0.6 is 23.2 Å². The highest BCUT2D eigenvalue weighted by Gasteiger charge is 2.18. The van der Waals surface area contributed by atoms with Gasteiger partial charge in [0, 0.05) is 0 Å². The number of aryl methyl sites for hydroxylation is 1. The molecule has 1 aromatic heterocycles. The summed E-state index contributed by atoms with van der Waals surface area (Å²) in [7, 11) is 0. The zero-order valence-corrected chi connectivity index (χ0v) is 13.1. The second kappa shape index (κ2) is 5.32. The van der Waals surface area contributed by atoms with E-state index in [1.807, 2.05) is 29.7 Å². The minimum atomic E-state index is -0.321. The molecule has 1 heterocycles. The van der Waals surface area contributed by atoms with Crippen LogP contribution in [0.3, 0.4) is 0 Å². The number of alkyl halides is 1. The topological polar surface area (TPSA) is 17.8 Å². The Morgan fingerprint density at radius 3 is 2.67 bits per heavy atom. The van der Waals surface area contributed by atoms with Crippen molar-refractivity contribution in [3.63, 3.8) is 0 Å². The van der Waals surface area contributed by atoms with Gasteiger partial charge >= 0.3 is 0 Å². The molecule has 5 heteroatoms. The molecular weight excluding hydrogens is 310 g/mol. The summed E-state index contributed by atoms with van der Waals surface area (Å²) in [6, 6.07) is 10.5. The molecule has 2 aromatic carbocycles. The average molecular weight is 323 g/mol. The molecule has 1 unspecified atom stereocenters. The average Bonchev–Trinajstić information content (AvgIpc) is 2.83. The van der Waals surface area contributed by atoms with E-state index in [4.69, 9.17) is 23.2 Å². The van der Waals surface area contributed by atoms with Crippen molar-refractivity contribution in [2.24, 2.45) is 0 Å². The number of nitrogens with zero attached hydrogens (tertiary/aromatic N) is 2. The van der Waals surface area contributed by atoms with Gasteiger partial charge in [0.1, 0.15) is 11.6 Å². The fourth-order valence-electron chi connectivity index (χ4n) is 2.35. The highest BCUT2D eigenvalue weighted by molar-refractivity contribution is 6.35. The lowest BCUT2D eigenvalue weighted by Crippen LogP contribution is -2.03. The van der Waals surface area contributed by atoms with Crippen molar-refractivity contribution >= 4 is 34.2 Å². The summed E-state index contributed by atoms with van der Waals surface area (Å²) in [5.74, 6) is 0.373. The highest BCUT2D eigenvalue weighted by Crippen LogP contribution is 2.32. The second-order valence-corrected chi connectivity index (χ2v) is 6.02. The maximum atomic E-state index is 13.9. The van der Waals surface area contributed by atoms with Gasteiger partial charge in [-0.15, -0.1) is 11.6 Å². The Morgan fingerprint density at radius 2 is 2.00 bits per heavy atom. The highest BCUT2D eigenvalue weighted by atomic mass is 35.5. The van der Waals surface area contributed by atoms with Gasteiger partial charge in [-0.2, -0.15) is 0 Å². The summed E-state index contributed by atoms with van der Waals surface area (Å²) in [5, 5.41) is 0.238. The molecule has 3 rings (SSSR count). The van der Waals surface area contributed by atoms with Crippen molar-refractivity contribution in [2.75, 3.05) is 0 Å². The summed E-state index contributed by atoms with van der Waals surface area (Å²) in [4.78, 5) is 4.53. The molecule has 0 aliphatic carbocycles. The minimum Gasteiger partial charge on any atom is -0.293 e.